The number of benzene rings is 1. The van der Waals surface area contributed by atoms with Gasteiger partial charge in [-0.2, -0.15) is 0 Å². The Morgan fingerprint density at radius 2 is 2.00 bits per heavy atom. The Balaban J connectivity index is 1.76. The molecule has 1 aromatic heterocycles. The van der Waals surface area contributed by atoms with Crippen molar-refractivity contribution in [1.29, 1.82) is 0 Å². The third-order valence-corrected chi connectivity index (χ3v) is 3.89. The highest BCUT2D eigenvalue weighted by atomic mass is 16.3. The number of aliphatic hydroxyl groups is 1. The minimum absolute atomic E-state index is 0.0425. The third kappa shape index (κ3) is 2.23. The number of aliphatic hydroxyl groups excluding tert-OH is 1. The zero-order chi connectivity index (χ0) is 14.0. The average Bonchev–Trinajstić information content (AvgIpc) is 3.14. The van der Waals surface area contributed by atoms with Gasteiger partial charge in [0, 0.05) is 0 Å². The molecule has 0 bridgehead atoms. The Morgan fingerprint density at radius 3 is 2.55 bits per heavy atom. The second-order valence-corrected chi connectivity index (χ2v) is 5.17. The van der Waals surface area contributed by atoms with Crippen molar-refractivity contribution in [3.63, 3.8) is 0 Å². The molecule has 1 saturated carbocycles. The average molecular weight is 271 g/mol. The highest BCUT2D eigenvalue weighted by Crippen LogP contribution is 2.48. The highest BCUT2D eigenvalue weighted by Gasteiger charge is 2.51. The van der Waals surface area contributed by atoms with Crippen molar-refractivity contribution in [2.75, 3.05) is 6.61 Å². The number of hydrogen-bond donors (Lipinski definition) is 2. The minimum atomic E-state index is -0.487. The van der Waals surface area contributed by atoms with Gasteiger partial charge in [-0.3, -0.25) is 4.79 Å². The summed E-state index contributed by atoms with van der Waals surface area (Å²) in [5.74, 6) is 0.531. The Morgan fingerprint density at radius 1 is 1.25 bits per heavy atom. The number of amides is 1. The molecule has 104 valence electrons. The van der Waals surface area contributed by atoms with Gasteiger partial charge in [0.25, 0.3) is 0 Å². The number of carbonyl (C=O) groups is 1. The van der Waals surface area contributed by atoms with Gasteiger partial charge in [0.2, 0.25) is 5.91 Å². The van der Waals surface area contributed by atoms with E-state index >= 15 is 0 Å². The lowest BCUT2D eigenvalue weighted by Gasteiger charge is -2.20. The summed E-state index contributed by atoms with van der Waals surface area (Å²) in [7, 11) is 0. The van der Waals surface area contributed by atoms with Crippen LogP contribution in [0.2, 0.25) is 0 Å². The van der Waals surface area contributed by atoms with Crippen molar-refractivity contribution in [2.45, 2.75) is 24.3 Å². The Bertz CT molecular complexity index is 573. The van der Waals surface area contributed by atoms with Crippen LogP contribution in [0.5, 0.6) is 0 Å². The van der Waals surface area contributed by atoms with Gasteiger partial charge >= 0.3 is 0 Å². The zero-order valence-corrected chi connectivity index (χ0v) is 11.1. The van der Waals surface area contributed by atoms with Crippen LogP contribution in [0.15, 0.2) is 53.1 Å². The SMILES string of the molecule is O=C(NC(CO)c1ccco1)C1(c2ccccc2)CC1. The minimum Gasteiger partial charge on any atom is -0.467 e. The molecule has 1 aliphatic rings. The number of carbonyl (C=O) groups excluding carboxylic acids is 1. The molecule has 3 rings (SSSR count). The lowest BCUT2D eigenvalue weighted by atomic mass is 9.94. The molecule has 1 aromatic carbocycles. The summed E-state index contributed by atoms with van der Waals surface area (Å²) in [6, 6.07) is 12.8. The van der Waals surface area contributed by atoms with Crippen LogP contribution in [0.4, 0.5) is 0 Å². The lowest BCUT2D eigenvalue weighted by Crippen LogP contribution is -2.38. The Hall–Kier alpha value is -2.07. The van der Waals surface area contributed by atoms with E-state index in [2.05, 4.69) is 5.32 Å². The summed E-state index contributed by atoms with van der Waals surface area (Å²) in [4.78, 5) is 12.5. The number of rotatable bonds is 5. The van der Waals surface area contributed by atoms with Crippen molar-refractivity contribution >= 4 is 5.91 Å². The van der Waals surface area contributed by atoms with Crippen LogP contribution in [0.25, 0.3) is 0 Å². The van der Waals surface area contributed by atoms with E-state index in [9.17, 15) is 9.90 Å². The van der Waals surface area contributed by atoms with Crippen molar-refractivity contribution in [3.8, 4) is 0 Å². The number of furan rings is 1. The maximum Gasteiger partial charge on any atom is 0.231 e. The quantitative estimate of drug-likeness (QED) is 0.876. The van der Waals surface area contributed by atoms with Crippen LogP contribution in [0.3, 0.4) is 0 Å². The first-order valence-corrected chi connectivity index (χ1v) is 6.77. The van der Waals surface area contributed by atoms with Gasteiger partial charge in [0.15, 0.2) is 0 Å². The van der Waals surface area contributed by atoms with Crippen molar-refractivity contribution in [1.82, 2.24) is 5.32 Å². The molecule has 1 amide bonds. The van der Waals surface area contributed by atoms with Crippen LogP contribution in [0, 0.1) is 0 Å². The van der Waals surface area contributed by atoms with Crippen LogP contribution in [0.1, 0.15) is 30.2 Å². The molecule has 4 nitrogen and oxygen atoms in total. The molecule has 0 aliphatic heterocycles. The Labute approximate surface area is 117 Å². The van der Waals surface area contributed by atoms with Crippen molar-refractivity contribution in [3.05, 3.63) is 60.1 Å². The monoisotopic (exact) mass is 271 g/mol. The predicted molar refractivity (Wildman–Crippen MR) is 74.0 cm³/mol. The van der Waals surface area contributed by atoms with Crippen molar-refractivity contribution in [2.24, 2.45) is 0 Å². The van der Waals surface area contributed by atoms with E-state index in [4.69, 9.17) is 4.42 Å². The Kier molecular flexibility index (Phi) is 3.32. The summed E-state index contributed by atoms with van der Waals surface area (Å²) in [6.07, 6.45) is 3.23. The summed E-state index contributed by atoms with van der Waals surface area (Å²) in [5.41, 5.74) is 0.606. The fourth-order valence-corrected chi connectivity index (χ4v) is 2.52. The molecule has 4 heteroatoms. The molecule has 1 fully saturated rings. The van der Waals surface area contributed by atoms with Gasteiger partial charge in [-0.1, -0.05) is 30.3 Å². The number of nitrogens with one attached hydrogen (secondary N) is 1. The maximum absolute atomic E-state index is 12.5. The van der Waals surface area contributed by atoms with Gasteiger partial charge in [-0.15, -0.1) is 0 Å². The standard InChI is InChI=1S/C16H17NO3/c18-11-13(14-7-4-10-20-14)17-15(19)16(8-9-16)12-5-2-1-3-6-12/h1-7,10,13,18H,8-9,11H2,(H,17,19). The second kappa shape index (κ2) is 5.13. The molecular weight excluding hydrogens is 254 g/mol. The smallest absolute Gasteiger partial charge is 0.231 e. The molecule has 2 N–H and O–H groups in total. The number of hydrogen-bond acceptors (Lipinski definition) is 3. The van der Waals surface area contributed by atoms with E-state index in [1.54, 1.807) is 12.1 Å². The van der Waals surface area contributed by atoms with Gasteiger partial charge in [-0.05, 0) is 30.5 Å². The normalized spacial score (nSPS) is 17.4. The van der Waals surface area contributed by atoms with Crippen LogP contribution in [-0.2, 0) is 10.2 Å². The van der Waals surface area contributed by atoms with Crippen LogP contribution in [-0.4, -0.2) is 17.6 Å². The zero-order valence-electron chi connectivity index (χ0n) is 11.1. The molecule has 1 aliphatic carbocycles. The summed E-state index contributed by atoms with van der Waals surface area (Å²) in [5, 5.41) is 12.3. The maximum atomic E-state index is 12.5. The first-order chi connectivity index (χ1) is 9.76. The molecule has 1 atom stereocenters. The summed E-state index contributed by atoms with van der Waals surface area (Å²) in [6.45, 7) is -0.176. The summed E-state index contributed by atoms with van der Waals surface area (Å²) >= 11 is 0. The molecule has 0 radical (unpaired) electrons. The molecule has 1 heterocycles. The van der Waals surface area contributed by atoms with E-state index in [1.165, 1.54) is 6.26 Å². The topological polar surface area (TPSA) is 62.5 Å². The highest BCUT2D eigenvalue weighted by molar-refractivity contribution is 5.91. The lowest BCUT2D eigenvalue weighted by molar-refractivity contribution is -0.124. The third-order valence-electron chi connectivity index (χ3n) is 3.89. The van der Waals surface area contributed by atoms with E-state index in [-0.39, 0.29) is 12.5 Å². The largest absolute Gasteiger partial charge is 0.467 e. The second-order valence-electron chi connectivity index (χ2n) is 5.17. The van der Waals surface area contributed by atoms with Gasteiger partial charge < -0.3 is 14.8 Å². The van der Waals surface area contributed by atoms with E-state index in [0.717, 1.165) is 18.4 Å². The van der Waals surface area contributed by atoms with Gasteiger partial charge in [0.05, 0.1) is 18.3 Å². The predicted octanol–water partition coefficient (Wildman–Crippen LogP) is 2.16. The summed E-state index contributed by atoms with van der Waals surface area (Å²) < 4.78 is 5.25. The first kappa shape index (κ1) is 12.9. The van der Waals surface area contributed by atoms with E-state index in [1.807, 2.05) is 30.3 Å². The van der Waals surface area contributed by atoms with Gasteiger partial charge in [0.1, 0.15) is 11.8 Å². The molecule has 0 spiro atoms. The molecular formula is C16H17NO3. The molecule has 20 heavy (non-hydrogen) atoms. The fraction of sp³-hybridized carbons (Fsp3) is 0.312. The van der Waals surface area contributed by atoms with Crippen LogP contribution >= 0.6 is 0 Å². The fourth-order valence-electron chi connectivity index (χ4n) is 2.52. The first-order valence-electron chi connectivity index (χ1n) is 6.77. The van der Waals surface area contributed by atoms with E-state index in [0.29, 0.717) is 5.76 Å². The van der Waals surface area contributed by atoms with Gasteiger partial charge in [-0.25, -0.2) is 0 Å². The molecule has 2 aromatic rings. The molecule has 0 saturated heterocycles. The van der Waals surface area contributed by atoms with Crippen molar-refractivity contribution < 1.29 is 14.3 Å². The van der Waals surface area contributed by atoms with Crippen LogP contribution < -0.4 is 5.32 Å². The van der Waals surface area contributed by atoms with E-state index < -0.39 is 11.5 Å². The molecule has 1 unspecified atom stereocenters.